The van der Waals surface area contributed by atoms with Crippen molar-refractivity contribution in [3.8, 4) is 5.75 Å². The van der Waals surface area contributed by atoms with E-state index in [1.807, 2.05) is 19.9 Å². The van der Waals surface area contributed by atoms with Crippen molar-refractivity contribution < 1.29 is 14.4 Å². The van der Waals surface area contributed by atoms with Gasteiger partial charge < -0.3 is 9.47 Å². The van der Waals surface area contributed by atoms with Crippen molar-refractivity contribution in [2.75, 3.05) is 13.2 Å². The zero-order chi connectivity index (χ0) is 19.0. The Bertz CT molecular complexity index is 630. The molecule has 25 heavy (non-hydrogen) atoms. The van der Waals surface area contributed by atoms with E-state index >= 15 is 0 Å². The Labute approximate surface area is 159 Å². The Morgan fingerprint density at radius 2 is 2.00 bits per heavy atom. The molecule has 0 amide bonds. The molecule has 0 radical (unpaired) electrons. The second kappa shape index (κ2) is 10.00. The van der Waals surface area contributed by atoms with Gasteiger partial charge in [0, 0.05) is 18.7 Å². The van der Waals surface area contributed by atoms with Crippen LogP contribution in [0.4, 0.5) is 5.69 Å². The Kier molecular flexibility index (Phi) is 8.69. The second-order valence-corrected chi connectivity index (χ2v) is 7.21. The van der Waals surface area contributed by atoms with Crippen molar-refractivity contribution >= 4 is 28.9 Å². The molecule has 0 aliphatic heterocycles. The molecule has 1 aromatic carbocycles. The van der Waals surface area contributed by atoms with Crippen LogP contribution in [0.15, 0.2) is 23.8 Å². The van der Waals surface area contributed by atoms with Crippen molar-refractivity contribution in [3.63, 3.8) is 0 Å². The number of hydrogen-bond donors (Lipinski definition) is 0. The quantitative estimate of drug-likeness (QED) is 0.271. The van der Waals surface area contributed by atoms with Crippen LogP contribution in [0, 0.1) is 10.1 Å². The molecular weight excluding hydrogens is 365 g/mol. The minimum absolute atomic E-state index is 0.00302. The Hall–Kier alpha value is -1.30. The highest BCUT2D eigenvalue weighted by atomic mass is 35.5. The van der Waals surface area contributed by atoms with Crippen LogP contribution >= 0.6 is 23.2 Å². The van der Waals surface area contributed by atoms with E-state index in [1.54, 1.807) is 0 Å². The van der Waals surface area contributed by atoms with Crippen LogP contribution in [-0.2, 0) is 4.74 Å². The molecular formula is C18H25Cl2NO4. The number of nitro groups is 1. The van der Waals surface area contributed by atoms with E-state index in [9.17, 15) is 10.1 Å². The van der Waals surface area contributed by atoms with Gasteiger partial charge in [0.2, 0.25) is 0 Å². The number of nitrogens with zero attached hydrogens (tertiary/aromatic N) is 1. The number of halogens is 2. The SMILES string of the molecule is CCOC(C)(C)CCC/C(C)=C/COc1cc(Cl)c([N+](=O)[O-])cc1Cl. The summed E-state index contributed by atoms with van der Waals surface area (Å²) in [6.45, 7) is 9.28. The largest absolute Gasteiger partial charge is 0.488 e. The summed E-state index contributed by atoms with van der Waals surface area (Å²) >= 11 is 11.9. The molecule has 0 saturated carbocycles. The highest BCUT2D eigenvalue weighted by Crippen LogP contribution is 2.35. The summed E-state index contributed by atoms with van der Waals surface area (Å²) in [6, 6.07) is 2.57. The maximum Gasteiger partial charge on any atom is 0.289 e. The average molecular weight is 390 g/mol. The van der Waals surface area contributed by atoms with Crippen LogP contribution in [0.1, 0.15) is 47.0 Å². The minimum atomic E-state index is -0.578. The molecule has 0 heterocycles. The van der Waals surface area contributed by atoms with Gasteiger partial charge in [-0.2, -0.15) is 0 Å². The normalized spacial score (nSPS) is 12.3. The first-order chi connectivity index (χ1) is 11.7. The molecule has 140 valence electrons. The third-order valence-corrected chi connectivity index (χ3v) is 4.35. The molecule has 0 N–H and O–H groups in total. The van der Waals surface area contributed by atoms with Crippen molar-refractivity contribution in [2.24, 2.45) is 0 Å². The summed E-state index contributed by atoms with van der Waals surface area (Å²) in [4.78, 5) is 10.2. The van der Waals surface area contributed by atoms with E-state index in [0.717, 1.165) is 19.3 Å². The van der Waals surface area contributed by atoms with Crippen LogP contribution < -0.4 is 4.74 Å². The Balaban J connectivity index is 2.52. The van der Waals surface area contributed by atoms with Gasteiger partial charge in [0.25, 0.3) is 5.69 Å². The van der Waals surface area contributed by atoms with Crippen molar-refractivity contribution in [2.45, 2.75) is 52.6 Å². The van der Waals surface area contributed by atoms with E-state index in [1.165, 1.54) is 17.7 Å². The van der Waals surface area contributed by atoms with Crippen molar-refractivity contribution in [1.82, 2.24) is 0 Å². The molecule has 0 atom stereocenters. The number of hydrogen-bond acceptors (Lipinski definition) is 4. The smallest absolute Gasteiger partial charge is 0.289 e. The fraction of sp³-hybridized carbons (Fsp3) is 0.556. The lowest BCUT2D eigenvalue weighted by molar-refractivity contribution is -0.384. The van der Waals surface area contributed by atoms with E-state index in [0.29, 0.717) is 19.0 Å². The van der Waals surface area contributed by atoms with Gasteiger partial charge in [0.1, 0.15) is 17.4 Å². The van der Waals surface area contributed by atoms with E-state index in [4.69, 9.17) is 32.7 Å². The first-order valence-electron chi connectivity index (χ1n) is 8.22. The van der Waals surface area contributed by atoms with Crippen molar-refractivity contribution in [3.05, 3.63) is 43.9 Å². The molecule has 7 heteroatoms. The summed E-state index contributed by atoms with van der Waals surface area (Å²) < 4.78 is 11.3. The van der Waals surface area contributed by atoms with Gasteiger partial charge in [-0.05, 0) is 53.0 Å². The van der Waals surface area contributed by atoms with Crippen LogP contribution in [0.5, 0.6) is 5.75 Å². The molecule has 0 aliphatic carbocycles. The third kappa shape index (κ3) is 7.63. The fourth-order valence-corrected chi connectivity index (χ4v) is 2.84. The molecule has 0 bridgehead atoms. The molecule has 0 aromatic heterocycles. The number of rotatable bonds is 10. The number of allylic oxidation sites excluding steroid dienone is 1. The van der Waals surface area contributed by atoms with E-state index in [-0.39, 0.29) is 21.3 Å². The third-order valence-electron chi connectivity index (χ3n) is 3.75. The number of nitro benzene ring substituents is 1. The monoisotopic (exact) mass is 389 g/mol. The highest BCUT2D eigenvalue weighted by Gasteiger charge is 2.17. The van der Waals surface area contributed by atoms with Crippen LogP contribution in [0.3, 0.4) is 0 Å². The molecule has 0 saturated heterocycles. The average Bonchev–Trinajstić information content (AvgIpc) is 2.49. The maximum atomic E-state index is 10.8. The topological polar surface area (TPSA) is 61.6 Å². The van der Waals surface area contributed by atoms with Crippen LogP contribution in [-0.4, -0.2) is 23.7 Å². The summed E-state index contributed by atoms with van der Waals surface area (Å²) in [5.74, 6) is 0.332. The van der Waals surface area contributed by atoms with Gasteiger partial charge in [-0.15, -0.1) is 0 Å². The second-order valence-electron chi connectivity index (χ2n) is 6.40. The molecule has 5 nitrogen and oxygen atoms in total. The van der Waals surface area contributed by atoms with Gasteiger partial charge in [-0.1, -0.05) is 28.8 Å². The molecule has 0 fully saturated rings. The van der Waals surface area contributed by atoms with E-state index < -0.39 is 4.92 Å². The summed E-state index contributed by atoms with van der Waals surface area (Å²) in [5.41, 5.74) is 0.869. The zero-order valence-corrected chi connectivity index (χ0v) is 16.6. The Morgan fingerprint density at radius 3 is 2.60 bits per heavy atom. The van der Waals surface area contributed by atoms with Gasteiger partial charge in [0.05, 0.1) is 15.5 Å². The lowest BCUT2D eigenvalue weighted by atomic mass is 9.99. The summed E-state index contributed by atoms with van der Waals surface area (Å²) in [7, 11) is 0. The van der Waals surface area contributed by atoms with E-state index in [2.05, 4.69) is 13.8 Å². The molecule has 1 rings (SSSR count). The van der Waals surface area contributed by atoms with Crippen LogP contribution in [0.2, 0.25) is 10.0 Å². The first kappa shape index (κ1) is 21.7. The number of ether oxygens (including phenoxy) is 2. The first-order valence-corrected chi connectivity index (χ1v) is 8.97. The molecule has 1 aromatic rings. The zero-order valence-electron chi connectivity index (χ0n) is 15.1. The predicted molar refractivity (Wildman–Crippen MR) is 102 cm³/mol. The minimum Gasteiger partial charge on any atom is -0.488 e. The molecule has 0 spiro atoms. The van der Waals surface area contributed by atoms with Gasteiger partial charge >= 0.3 is 0 Å². The van der Waals surface area contributed by atoms with Gasteiger partial charge in [-0.3, -0.25) is 10.1 Å². The lowest BCUT2D eigenvalue weighted by Gasteiger charge is -2.24. The molecule has 0 aliphatic rings. The van der Waals surface area contributed by atoms with Crippen LogP contribution in [0.25, 0.3) is 0 Å². The maximum absolute atomic E-state index is 10.8. The highest BCUT2D eigenvalue weighted by molar-refractivity contribution is 6.35. The number of benzene rings is 1. The van der Waals surface area contributed by atoms with Gasteiger partial charge in [0.15, 0.2) is 0 Å². The standard InChI is InChI=1S/C18H25Cl2NO4/c1-5-25-18(3,4)9-6-7-13(2)8-10-24-17-12-14(19)16(21(22)23)11-15(17)20/h8,11-12H,5-7,9-10H2,1-4H3/b13-8+. The fourth-order valence-electron chi connectivity index (χ4n) is 2.40. The molecule has 0 unspecified atom stereocenters. The van der Waals surface area contributed by atoms with Crippen molar-refractivity contribution in [1.29, 1.82) is 0 Å². The summed E-state index contributed by atoms with van der Waals surface area (Å²) in [6.07, 6.45) is 4.93. The van der Waals surface area contributed by atoms with Gasteiger partial charge in [-0.25, -0.2) is 0 Å². The Morgan fingerprint density at radius 1 is 1.32 bits per heavy atom. The summed E-state index contributed by atoms with van der Waals surface area (Å²) in [5, 5.41) is 11.0. The predicted octanol–water partition coefficient (Wildman–Crippen LogP) is 6.21. The lowest BCUT2D eigenvalue weighted by Crippen LogP contribution is -2.24.